The Hall–Kier alpha value is -1.59. The molecule has 0 aromatic rings. The standard InChI is InChI=1S/C18H31N3O3/c1-13(2)8-7-9-14(3)19-15(22)12-21-16(23)18(20-17(21)24)10-5-4-6-11-18/h13-14H,4-12H2,1-3H3,(H,19,22)(H,20,24). The van der Waals surface area contributed by atoms with Crippen molar-refractivity contribution in [3.8, 4) is 0 Å². The van der Waals surface area contributed by atoms with Gasteiger partial charge in [0.15, 0.2) is 0 Å². The molecule has 1 heterocycles. The summed E-state index contributed by atoms with van der Waals surface area (Å²) in [4.78, 5) is 38.0. The van der Waals surface area contributed by atoms with Crippen LogP contribution in [0.1, 0.15) is 72.1 Å². The Labute approximate surface area is 144 Å². The molecule has 2 aliphatic rings. The van der Waals surface area contributed by atoms with Crippen molar-refractivity contribution in [2.45, 2.75) is 83.7 Å². The Kier molecular flexibility index (Phi) is 6.24. The van der Waals surface area contributed by atoms with E-state index in [9.17, 15) is 14.4 Å². The van der Waals surface area contributed by atoms with Crippen molar-refractivity contribution in [2.75, 3.05) is 6.54 Å². The van der Waals surface area contributed by atoms with Crippen LogP contribution >= 0.6 is 0 Å². The molecule has 24 heavy (non-hydrogen) atoms. The molecule has 1 aliphatic heterocycles. The van der Waals surface area contributed by atoms with Crippen molar-refractivity contribution in [2.24, 2.45) is 5.92 Å². The average molecular weight is 337 g/mol. The number of imide groups is 1. The Balaban J connectivity index is 1.83. The quantitative estimate of drug-likeness (QED) is 0.701. The molecule has 0 aromatic carbocycles. The molecule has 1 saturated carbocycles. The molecule has 2 rings (SSSR count). The van der Waals surface area contributed by atoms with Crippen molar-refractivity contribution in [3.05, 3.63) is 0 Å². The summed E-state index contributed by atoms with van der Waals surface area (Å²) in [6.45, 7) is 6.15. The lowest BCUT2D eigenvalue weighted by atomic mass is 9.82. The number of hydrogen-bond donors (Lipinski definition) is 2. The molecule has 2 fully saturated rings. The van der Waals surface area contributed by atoms with Crippen LogP contribution in [0.4, 0.5) is 4.79 Å². The van der Waals surface area contributed by atoms with E-state index in [2.05, 4.69) is 24.5 Å². The summed E-state index contributed by atoms with van der Waals surface area (Å²) in [5, 5.41) is 5.73. The highest BCUT2D eigenvalue weighted by Gasteiger charge is 2.51. The van der Waals surface area contributed by atoms with Crippen LogP contribution in [0.5, 0.6) is 0 Å². The van der Waals surface area contributed by atoms with E-state index in [1.807, 2.05) is 6.92 Å². The van der Waals surface area contributed by atoms with Gasteiger partial charge in [-0.25, -0.2) is 4.79 Å². The number of nitrogens with one attached hydrogen (secondary N) is 2. The maximum atomic E-state index is 12.6. The van der Waals surface area contributed by atoms with Crippen molar-refractivity contribution >= 4 is 17.8 Å². The second kappa shape index (κ2) is 7.99. The first kappa shape index (κ1) is 18.7. The van der Waals surface area contributed by atoms with E-state index in [-0.39, 0.29) is 24.4 Å². The Morgan fingerprint density at radius 1 is 1.17 bits per heavy atom. The van der Waals surface area contributed by atoms with Crippen LogP contribution < -0.4 is 10.6 Å². The minimum atomic E-state index is -0.751. The Morgan fingerprint density at radius 3 is 2.46 bits per heavy atom. The lowest BCUT2D eigenvalue weighted by Gasteiger charge is -2.30. The van der Waals surface area contributed by atoms with Crippen LogP contribution in [0, 0.1) is 5.92 Å². The van der Waals surface area contributed by atoms with Gasteiger partial charge in [0.1, 0.15) is 12.1 Å². The van der Waals surface area contributed by atoms with Gasteiger partial charge in [0.25, 0.3) is 5.91 Å². The summed E-state index contributed by atoms with van der Waals surface area (Å²) < 4.78 is 0. The van der Waals surface area contributed by atoms with Gasteiger partial charge in [-0.3, -0.25) is 14.5 Å². The van der Waals surface area contributed by atoms with Crippen LogP contribution in [-0.4, -0.2) is 40.9 Å². The molecule has 0 bridgehead atoms. The van der Waals surface area contributed by atoms with E-state index in [4.69, 9.17) is 0 Å². The van der Waals surface area contributed by atoms with Gasteiger partial charge in [-0.1, -0.05) is 46.0 Å². The maximum absolute atomic E-state index is 12.6. The van der Waals surface area contributed by atoms with Gasteiger partial charge in [-0.15, -0.1) is 0 Å². The van der Waals surface area contributed by atoms with Gasteiger partial charge in [0.05, 0.1) is 0 Å². The van der Waals surface area contributed by atoms with Gasteiger partial charge >= 0.3 is 6.03 Å². The van der Waals surface area contributed by atoms with E-state index in [0.29, 0.717) is 18.8 Å². The minimum absolute atomic E-state index is 0.0562. The minimum Gasteiger partial charge on any atom is -0.352 e. The number of urea groups is 1. The number of carbonyl (C=O) groups excluding carboxylic acids is 3. The molecule has 0 aromatic heterocycles. The first-order chi connectivity index (χ1) is 11.3. The number of rotatable bonds is 7. The summed E-state index contributed by atoms with van der Waals surface area (Å²) in [5.74, 6) is 0.170. The van der Waals surface area contributed by atoms with E-state index in [1.165, 1.54) is 0 Å². The van der Waals surface area contributed by atoms with Crippen LogP contribution in [-0.2, 0) is 9.59 Å². The molecule has 1 saturated heterocycles. The summed E-state index contributed by atoms with van der Waals surface area (Å²) >= 11 is 0. The van der Waals surface area contributed by atoms with Crippen LogP contribution in [0.15, 0.2) is 0 Å². The smallest absolute Gasteiger partial charge is 0.325 e. The number of nitrogens with zero attached hydrogens (tertiary/aromatic N) is 1. The fraction of sp³-hybridized carbons (Fsp3) is 0.833. The third-order valence-electron chi connectivity index (χ3n) is 5.08. The highest BCUT2D eigenvalue weighted by atomic mass is 16.2. The largest absolute Gasteiger partial charge is 0.352 e. The zero-order chi connectivity index (χ0) is 17.7. The monoisotopic (exact) mass is 337 g/mol. The van der Waals surface area contributed by atoms with E-state index in [1.54, 1.807) is 0 Å². The molecule has 1 atom stereocenters. The topological polar surface area (TPSA) is 78.5 Å². The first-order valence-corrected chi connectivity index (χ1v) is 9.27. The number of hydrogen-bond acceptors (Lipinski definition) is 3. The molecule has 6 heteroatoms. The molecule has 2 N–H and O–H groups in total. The zero-order valence-electron chi connectivity index (χ0n) is 15.2. The maximum Gasteiger partial charge on any atom is 0.325 e. The number of carbonyl (C=O) groups is 3. The van der Waals surface area contributed by atoms with Gasteiger partial charge in [0, 0.05) is 6.04 Å². The zero-order valence-corrected chi connectivity index (χ0v) is 15.2. The van der Waals surface area contributed by atoms with E-state index < -0.39 is 11.6 Å². The first-order valence-electron chi connectivity index (χ1n) is 9.27. The Morgan fingerprint density at radius 2 is 1.83 bits per heavy atom. The molecule has 1 spiro atoms. The predicted molar refractivity (Wildman–Crippen MR) is 92.4 cm³/mol. The highest BCUT2D eigenvalue weighted by Crippen LogP contribution is 2.33. The summed E-state index contributed by atoms with van der Waals surface area (Å²) in [6.07, 6.45) is 7.45. The third kappa shape index (κ3) is 4.48. The van der Waals surface area contributed by atoms with Crippen molar-refractivity contribution in [1.82, 2.24) is 15.5 Å². The van der Waals surface area contributed by atoms with E-state index in [0.717, 1.165) is 43.4 Å². The average Bonchev–Trinajstić information content (AvgIpc) is 2.72. The predicted octanol–water partition coefficient (Wildman–Crippen LogP) is 2.57. The van der Waals surface area contributed by atoms with E-state index >= 15 is 0 Å². The lowest BCUT2D eigenvalue weighted by Crippen LogP contribution is -2.49. The van der Waals surface area contributed by atoms with Crippen LogP contribution in [0.2, 0.25) is 0 Å². The Bertz CT molecular complexity index is 484. The fourth-order valence-corrected chi connectivity index (χ4v) is 3.68. The summed E-state index contributed by atoms with van der Waals surface area (Å²) in [7, 11) is 0. The summed E-state index contributed by atoms with van der Waals surface area (Å²) in [5.41, 5.74) is -0.751. The van der Waals surface area contributed by atoms with Gasteiger partial charge in [-0.05, 0) is 32.1 Å². The molecular weight excluding hydrogens is 306 g/mol. The molecule has 1 aliphatic carbocycles. The van der Waals surface area contributed by atoms with Crippen LogP contribution in [0.25, 0.3) is 0 Å². The molecule has 1 unspecified atom stereocenters. The summed E-state index contributed by atoms with van der Waals surface area (Å²) in [6, 6.07) is -0.370. The lowest BCUT2D eigenvalue weighted by molar-refractivity contribution is -0.136. The molecule has 4 amide bonds. The molecule has 136 valence electrons. The van der Waals surface area contributed by atoms with Crippen molar-refractivity contribution < 1.29 is 14.4 Å². The van der Waals surface area contributed by atoms with Crippen molar-refractivity contribution in [3.63, 3.8) is 0 Å². The normalized spacial score (nSPS) is 21.2. The number of amides is 4. The highest BCUT2D eigenvalue weighted by molar-refractivity contribution is 6.09. The molecule has 6 nitrogen and oxygen atoms in total. The second-order valence-electron chi connectivity index (χ2n) is 7.76. The fourth-order valence-electron chi connectivity index (χ4n) is 3.68. The van der Waals surface area contributed by atoms with Gasteiger partial charge < -0.3 is 10.6 Å². The van der Waals surface area contributed by atoms with Crippen LogP contribution in [0.3, 0.4) is 0 Å². The van der Waals surface area contributed by atoms with Gasteiger partial charge in [0.2, 0.25) is 5.91 Å². The second-order valence-corrected chi connectivity index (χ2v) is 7.76. The van der Waals surface area contributed by atoms with Gasteiger partial charge in [-0.2, -0.15) is 0 Å². The SMILES string of the molecule is CC(C)CCCC(C)NC(=O)CN1C(=O)NC2(CCCCC2)C1=O. The molecule has 0 radical (unpaired) electrons. The third-order valence-corrected chi connectivity index (χ3v) is 5.08. The van der Waals surface area contributed by atoms with Crippen molar-refractivity contribution in [1.29, 1.82) is 0 Å². The molecular formula is C18H31N3O3.